The van der Waals surface area contributed by atoms with E-state index in [4.69, 9.17) is 9.47 Å². The van der Waals surface area contributed by atoms with Crippen LogP contribution in [0.3, 0.4) is 0 Å². The first-order valence-electron chi connectivity index (χ1n) is 9.90. The van der Waals surface area contributed by atoms with Gasteiger partial charge in [-0.1, -0.05) is 12.1 Å². The molecule has 10 heteroatoms. The predicted molar refractivity (Wildman–Crippen MR) is 128 cm³/mol. The Morgan fingerprint density at radius 2 is 1.85 bits per heavy atom. The molecular weight excluding hydrogens is 442 g/mol. The van der Waals surface area contributed by atoms with Gasteiger partial charge in [0.05, 0.1) is 19.9 Å². The fourth-order valence-corrected chi connectivity index (χ4v) is 3.96. The van der Waals surface area contributed by atoms with Crippen LogP contribution < -0.4 is 20.1 Å². The summed E-state index contributed by atoms with van der Waals surface area (Å²) in [6, 6.07) is 12.7. The highest BCUT2D eigenvalue weighted by Gasteiger charge is 2.13. The largest absolute Gasteiger partial charge is 0.497 e. The molecule has 0 spiro atoms. The van der Waals surface area contributed by atoms with Crippen LogP contribution in [-0.2, 0) is 9.59 Å². The third-order valence-corrected chi connectivity index (χ3v) is 5.49. The minimum atomic E-state index is -0.368. The maximum absolute atomic E-state index is 12.4. The van der Waals surface area contributed by atoms with Gasteiger partial charge in [0.25, 0.3) is 11.9 Å². The van der Waals surface area contributed by atoms with Gasteiger partial charge in [0, 0.05) is 41.3 Å². The van der Waals surface area contributed by atoms with Crippen LogP contribution in [0.4, 0.5) is 11.6 Å². The molecule has 0 atom stereocenters. The van der Waals surface area contributed by atoms with Crippen molar-refractivity contribution < 1.29 is 19.1 Å². The van der Waals surface area contributed by atoms with E-state index in [1.165, 1.54) is 24.3 Å². The Balaban J connectivity index is 1.49. The first kappa shape index (κ1) is 22.0. The van der Waals surface area contributed by atoms with Crippen molar-refractivity contribution in [1.29, 1.82) is 0 Å². The predicted octanol–water partition coefficient (Wildman–Crippen LogP) is 4.09. The number of rotatable bonds is 7. The number of carbonyl (C=O) groups is 2. The number of thiazole rings is 1. The number of hydrogen-bond acceptors (Lipinski definition) is 7. The van der Waals surface area contributed by atoms with Crippen LogP contribution in [0.15, 0.2) is 53.9 Å². The second-order valence-electron chi connectivity index (χ2n) is 6.94. The molecule has 9 nitrogen and oxygen atoms in total. The van der Waals surface area contributed by atoms with Gasteiger partial charge in [0.1, 0.15) is 11.5 Å². The summed E-state index contributed by atoms with van der Waals surface area (Å²) < 4.78 is 12.2. The summed E-state index contributed by atoms with van der Waals surface area (Å²) in [5.74, 6) is 0.961. The zero-order valence-corrected chi connectivity index (χ0v) is 19.0. The lowest BCUT2D eigenvalue weighted by Crippen LogP contribution is -2.09. The fourth-order valence-electron chi connectivity index (χ4n) is 3.13. The minimum Gasteiger partial charge on any atom is -0.497 e. The van der Waals surface area contributed by atoms with Gasteiger partial charge in [-0.05, 0) is 30.3 Å². The molecule has 0 bridgehead atoms. The molecule has 0 aliphatic heterocycles. The van der Waals surface area contributed by atoms with Crippen LogP contribution >= 0.6 is 11.3 Å². The van der Waals surface area contributed by atoms with E-state index in [2.05, 4.69) is 20.7 Å². The monoisotopic (exact) mass is 463 g/mol. The summed E-state index contributed by atoms with van der Waals surface area (Å²) in [6.45, 7) is 1.46. The summed E-state index contributed by atoms with van der Waals surface area (Å²) in [7, 11) is 3.13. The normalized spacial score (nSPS) is 11.0. The number of benzene rings is 2. The SMILES string of the molecule is COc1ccc(/C=C/C(=O)Nc2nc3scc(-c4ccc(NC(C)=O)cc4)n3n2)c(OC)c1. The van der Waals surface area contributed by atoms with E-state index in [-0.39, 0.29) is 17.8 Å². The van der Waals surface area contributed by atoms with Crippen molar-refractivity contribution in [2.75, 3.05) is 24.9 Å². The number of nitrogens with one attached hydrogen (secondary N) is 2. The molecule has 0 unspecified atom stereocenters. The first-order chi connectivity index (χ1) is 16.0. The number of nitrogens with zero attached hydrogens (tertiary/aromatic N) is 3. The molecule has 4 rings (SSSR count). The van der Waals surface area contributed by atoms with Gasteiger partial charge in [0.2, 0.25) is 10.9 Å². The Morgan fingerprint density at radius 1 is 1.06 bits per heavy atom. The maximum Gasteiger partial charge on any atom is 0.250 e. The van der Waals surface area contributed by atoms with Crippen molar-refractivity contribution >= 4 is 45.8 Å². The average molecular weight is 464 g/mol. The minimum absolute atomic E-state index is 0.128. The van der Waals surface area contributed by atoms with Gasteiger partial charge in [-0.25, -0.2) is 4.52 Å². The topological polar surface area (TPSA) is 107 Å². The quantitative estimate of drug-likeness (QED) is 0.400. The number of ether oxygens (including phenoxy) is 2. The molecule has 2 aromatic carbocycles. The molecular formula is C23H21N5O4S. The molecule has 2 aromatic heterocycles. The Bertz CT molecular complexity index is 1340. The highest BCUT2D eigenvalue weighted by atomic mass is 32.1. The van der Waals surface area contributed by atoms with Crippen LogP contribution in [0, 0.1) is 0 Å². The van der Waals surface area contributed by atoms with Crippen molar-refractivity contribution in [3.8, 4) is 22.8 Å². The average Bonchev–Trinajstić information content (AvgIpc) is 3.38. The molecule has 2 heterocycles. The zero-order chi connectivity index (χ0) is 23.4. The van der Waals surface area contributed by atoms with Crippen molar-refractivity contribution in [1.82, 2.24) is 14.6 Å². The van der Waals surface area contributed by atoms with Crippen molar-refractivity contribution in [3.63, 3.8) is 0 Å². The Labute approximate surface area is 193 Å². The highest BCUT2D eigenvalue weighted by molar-refractivity contribution is 7.15. The van der Waals surface area contributed by atoms with Crippen LogP contribution in [-0.4, -0.2) is 40.6 Å². The van der Waals surface area contributed by atoms with Crippen molar-refractivity contribution in [2.24, 2.45) is 0 Å². The van der Waals surface area contributed by atoms with Crippen LogP contribution in [0.5, 0.6) is 11.5 Å². The molecule has 2 amide bonds. The molecule has 0 radical (unpaired) electrons. The Morgan fingerprint density at radius 3 is 2.55 bits per heavy atom. The molecule has 0 aliphatic carbocycles. The Kier molecular flexibility index (Phi) is 6.36. The van der Waals surface area contributed by atoms with Gasteiger partial charge in [0.15, 0.2) is 0 Å². The smallest absolute Gasteiger partial charge is 0.250 e. The van der Waals surface area contributed by atoms with Crippen LogP contribution in [0.1, 0.15) is 12.5 Å². The van der Waals surface area contributed by atoms with Gasteiger partial charge < -0.3 is 14.8 Å². The first-order valence-corrected chi connectivity index (χ1v) is 10.8. The summed E-state index contributed by atoms with van der Waals surface area (Å²) in [5, 5.41) is 11.8. The molecule has 2 N–H and O–H groups in total. The molecule has 33 heavy (non-hydrogen) atoms. The molecule has 168 valence electrons. The Hall–Kier alpha value is -4.18. The standard InChI is InChI=1S/C23H21N5O4S/c1-14(29)24-17-8-4-15(5-9-17)19-13-33-23-26-22(27-28(19)23)25-21(30)11-7-16-6-10-18(31-2)12-20(16)32-3/h4-13H,1-3H3,(H,24,29)(H,25,27,30)/b11-7+. The maximum atomic E-state index is 12.4. The van der Waals surface area contributed by atoms with E-state index in [1.807, 2.05) is 29.6 Å². The van der Waals surface area contributed by atoms with E-state index >= 15 is 0 Å². The van der Waals surface area contributed by atoms with E-state index in [1.54, 1.807) is 43.0 Å². The highest BCUT2D eigenvalue weighted by Crippen LogP contribution is 2.27. The van der Waals surface area contributed by atoms with Gasteiger partial charge in [-0.3, -0.25) is 14.9 Å². The summed E-state index contributed by atoms with van der Waals surface area (Å²) >= 11 is 1.41. The third-order valence-electron chi connectivity index (χ3n) is 4.67. The van der Waals surface area contributed by atoms with E-state index < -0.39 is 0 Å². The number of amides is 2. The number of aromatic nitrogens is 3. The number of anilines is 2. The number of hydrogen-bond donors (Lipinski definition) is 2. The van der Waals surface area contributed by atoms with Crippen molar-refractivity contribution in [2.45, 2.75) is 6.92 Å². The second kappa shape index (κ2) is 9.53. The van der Waals surface area contributed by atoms with E-state index in [0.717, 1.165) is 16.8 Å². The van der Waals surface area contributed by atoms with Gasteiger partial charge in [-0.2, -0.15) is 4.98 Å². The van der Waals surface area contributed by atoms with Crippen molar-refractivity contribution in [3.05, 3.63) is 59.5 Å². The number of fused-ring (bicyclic) bond motifs is 1. The van der Waals surface area contributed by atoms with E-state index in [0.29, 0.717) is 22.1 Å². The second-order valence-corrected chi connectivity index (χ2v) is 7.78. The third kappa shape index (κ3) is 5.01. The van der Waals surface area contributed by atoms with Crippen LogP contribution in [0.2, 0.25) is 0 Å². The molecule has 0 aliphatic rings. The molecule has 0 fully saturated rings. The summed E-state index contributed by atoms with van der Waals surface area (Å²) in [5.41, 5.74) is 3.18. The van der Waals surface area contributed by atoms with Gasteiger partial charge >= 0.3 is 0 Å². The fraction of sp³-hybridized carbons (Fsp3) is 0.130. The molecule has 0 saturated carbocycles. The summed E-state index contributed by atoms with van der Waals surface area (Å²) in [6.07, 6.45) is 3.04. The molecule has 0 saturated heterocycles. The lowest BCUT2D eigenvalue weighted by atomic mass is 10.1. The zero-order valence-electron chi connectivity index (χ0n) is 18.2. The number of methoxy groups -OCH3 is 2. The molecule has 4 aromatic rings. The lowest BCUT2D eigenvalue weighted by Gasteiger charge is -2.07. The van der Waals surface area contributed by atoms with E-state index in [9.17, 15) is 9.59 Å². The van der Waals surface area contributed by atoms with Gasteiger partial charge in [-0.15, -0.1) is 16.4 Å². The summed E-state index contributed by atoms with van der Waals surface area (Å²) in [4.78, 5) is 28.6. The lowest BCUT2D eigenvalue weighted by molar-refractivity contribution is -0.114. The van der Waals surface area contributed by atoms with Crippen LogP contribution in [0.25, 0.3) is 22.3 Å². The number of carbonyl (C=O) groups excluding carboxylic acids is 2.